The van der Waals surface area contributed by atoms with Crippen LogP contribution in [0.25, 0.3) is 0 Å². The lowest BCUT2D eigenvalue weighted by Crippen LogP contribution is -2.55. The SMILES string of the molecule is CN=C(NCc1cccc(NC(C)=O)c1)N1CCN(C(=O)C2CCCO2)CC1.I. The number of anilines is 1. The van der Waals surface area contributed by atoms with Crippen LogP contribution in [-0.4, -0.2) is 73.5 Å². The minimum atomic E-state index is -0.250. The Morgan fingerprint density at radius 1 is 1.21 bits per heavy atom. The summed E-state index contributed by atoms with van der Waals surface area (Å²) >= 11 is 0. The number of ether oxygens (including phenoxy) is 1. The van der Waals surface area contributed by atoms with E-state index in [9.17, 15) is 9.59 Å². The Labute approximate surface area is 189 Å². The van der Waals surface area contributed by atoms with Gasteiger partial charge in [0, 0.05) is 59.0 Å². The zero-order valence-corrected chi connectivity index (χ0v) is 19.3. The lowest BCUT2D eigenvalue weighted by molar-refractivity contribution is -0.142. The fourth-order valence-electron chi connectivity index (χ4n) is 3.59. The second-order valence-corrected chi connectivity index (χ2v) is 7.10. The van der Waals surface area contributed by atoms with Crippen molar-refractivity contribution in [2.45, 2.75) is 32.4 Å². The third-order valence-corrected chi connectivity index (χ3v) is 5.01. The first-order valence-corrected chi connectivity index (χ1v) is 9.79. The molecule has 8 nitrogen and oxygen atoms in total. The second-order valence-electron chi connectivity index (χ2n) is 7.10. The number of benzene rings is 1. The van der Waals surface area contributed by atoms with Gasteiger partial charge >= 0.3 is 0 Å². The van der Waals surface area contributed by atoms with Crippen molar-refractivity contribution in [1.29, 1.82) is 0 Å². The Morgan fingerprint density at radius 3 is 2.55 bits per heavy atom. The first-order chi connectivity index (χ1) is 13.6. The van der Waals surface area contributed by atoms with E-state index in [1.165, 1.54) is 6.92 Å². The van der Waals surface area contributed by atoms with Crippen molar-refractivity contribution in [2.24, 2.45) is 4.99 Å². The number of guanidine groups is 1. The number of piperazine rings is 1. The molecule has 1 aromatic carbocycles. The Bertz CT molecular complexity index is 729. The Balaban J connectivity index is 0.00000300. The molecule has 0 bridgehead atoms. The minimum Gasteiger partial charge on any atom is -0.368 e. The van der Waals surface area contributed by atoms with Crippen molar-refractivity contribution < 1.29 is 14.3 Å². The number of hydrogen-bond donors (Lipinski definition) is 2. The summed E-state index contributed by atoms with van der Waals surface area (Å²) in [6.45, 7) is 5.63. The van der Waals surface area contributed by atoms with Crippen molar-refractivity contribution in [3.05, 3.63) is 29.8 Å². The van der Waals surface area contributed by atoms with Crippen LogP contribution in [0, 0.1) is 0 Å². The molecule has 2 aliphatic heterocycles. The van der Waals surface area contributed by atoms with Gasteiger partial charge in [0.25, 0.3) is 5.91 Å². The number of carbonyl (C=O) groups excluding carboxylic acids is 2. The topological polar surface area (TPSA) is 86.3 Å². The van der Waals surface area contributed by atoms with E-state index >= 15 is 0 Å². The molecule has 0 aliphatic carbocycles. The van der Waals surface area contributed by atoms with Crippen molar-refractivity contribution in [1.82, 2.24) is 15.1 Å². The summed E-state index contributed by atoms with van der Waals surface area (Å²) in [5.41, 5.74) is 1.84. The van der Waals surface area contributed by atoms with Gasteiger partial charge in [-0.25, -0.2) is 0 Å². The van der Waals surface area contributed by atoms with E-state index in [2.05, 4.69) is 20.5 Å². The lowest BCUT2D eigenvalue weighted by atomic mass is 10.2. The second kappa shape index (κ2) is 11.3. The maximum Gasteiger partial charge on any atom is 0.251 e. The molecule has 1 unspecified atom stereocenters. The zero-order chi connectivity index (χ0) is 19.9. The Morgan fingerprint density at radius 2 is 1.93 bits per heavy atom. The number of nitrogens with one attached hydrogen (secondary N) is 2. The van der Waals surface area contributed by atoms with E-state index in [4.69, 9.17) is 4.74 Å². The fraction of sp³-hybridized carbons (Fsp3) is 0.550. The van der Waals surface area contributed by atoms with Gasteiger partial charge in [-0.1, -0.05) is 12.1 Å². The molecule has 160 valence electrons. The van der Waals surface area contributed by atoms with Gasteiger partial charge in [0.15, 0.2) is 5.96 Å². The zero-order valence-electron chi connectivity index (χ0n) is 17.0. The van der Waals surface area contributed by atoms with E-state index in [1.807, 2.05) is 29.2 Å². The molecule has 2 amide bonds. The average Bonchev–Trinajstić information content (AvgIpc) is 3.23. The predicted octanol–water partition coefficient (Wildman–Crippen LogP) is 1.66. The molecule has 2 fully saturated rings. The van der Waals surface area contributed by atoms with Crippen molar-refractivity contribution in [3.8, 4) is 0 Å². The van der Waals surface area contributed by atoms with E-state index in [0.717, 1.165) is 43.1 Å². The predicted molar refractivity (Wildman–Crippen MR) is 123 cm³/mol. The summed E-state index contributed by atoms with van der Waals surface area (Å²) in [6.07, 6.45) is 1.55. The molecule has 2 saturated heterocycles. The number of aliphatic imine (C=N–C) groups is 1. The number of carbonyl (C=O) groups is 2. The summed E-state index contributed by atoms with van der Waals surface area (Å²) in [4.78, 5) is 32.1. The minimum absolute atomic E-state index is 0. The molecular weight excluding hydrogens is 485 g/mol. The molecule has 3 rings (SSSR count). The largest absolute Gasteiger partial charge is 0.368 e. The summed E-state index contributed by atoms with van der Waals surface area (Å²) in [6, 6.07) is 7.73. The van der Waals surface area contributed by atoms with Crippen LogP contribution < -0.4 is 10.6 Å². The van der Waals surface area contributed by atoms with Gasteiger partial charge in [0.05, 0.1) is 0 Å². The number of nitrogens with zero attached hydrogens (tertiary/aromatic N) is 3. The highest BCUT2D eigenvalue weighted by molar-refractivity contribution is 14.0. The summed E-state index contributed by atoms with van der Waals surface area (Å²) in [5.74, 6) is 0.848. The molecule has 0 saturated carbocycles. The van der Waals surface area contributed by atoms with E-state index in [0.29, 0.717) is 26.2 Å². The van der Waals surface area contributed by atoms with Gasteiger partial charge < -0.3 is 25.2 Å². The van der Waals surface area contributed by atoms with Crippen LogP contribution in [-0.2, 0) is 20.9 Å². The highest BCUT2D eigenvalue weighted by Crippen LogP contribution is 2.16. The Kier molecular flexibility index (Phi) is 9.15. The molecule has 0 spiro atoms. The highest BCUT2D eigenvalue weighted by atomic mass is 127. The van der Waals surface area contributed by atoms with Crippen LogP contribution in [0.15, 0.2) is 29.3 Å². The third-order valence-electron chi connectivity index (χ3n) is 5.01. The maximum absolute atomic E-state index is 12.5. The molecule has 1 aromatic rings. The van der Waals surface area contributed by atoms with Crippen molar-refractivity contribution in [3.63, 3.8) is 0 Å². The van der Waals surface area contributed by atoms with E-state index in [1.54, 1.807) is 7.05 Å². The van der Waals surface area contributed by atoms with Crippen LogP contribution in [0.3, 0.4) is 0 Å². The molecule has 9 heteroatoms. The average molecular weight is 515 g/mol. The molecule has 0 radical (unpaired) electrons. The standard InChI is InChI=1S/C20H29N5O3.HI/c1-15(26)23-17-6-3-5-16(13-17)14-22-20(21-2)25-10-8-24(9-11-25)19(27)18-7-4-12-28-18;/h3,5-6,13,18H,4,7-12,14H2,1-2H3,(H,21,22)(H,23,26);1H. The van der Waals surface area contributed by atoms with Crippen LogP contribution in [0.1, 0.15) is 25.3 Å². The van der Waals surface area contributed by atoms with Gasteiger partial charge in [0.1, 0.15) is 6.10 Å². The number of halogens is 1. The van der Waals surface area contributed by atoms with E-state index in [-0.39, 0.29) is 41.9 Å². The molecule has 1 atom stereocenters. The smallest absolute Gasteiger partial charge is 0.251 e. The number of amides is 2. The third kappa shape index (κ3) is 6.56. The molecule has 29 heavy (non-hydrogen) atoms. The summed E-state index contributed by atoms with van der Waals surface area (Å²) in [7, 11) is 1.76. The first kappa shape index (κ1) is 23.4. The fourth-order valence-corrected chi connectivity index (χ4v) is 3.59. The van der Waals surface area contributed by atoms with Crippen LogP contribution in [0.5, 0.6) is 0 Å². The highest BCUT2D eigenvalue weighted by Gasteiger charge is 2.30. The van der Waals surface area contributed by atoms with Crippen molar-refractivity contribution in [2.75, 3.05) is 45.2 Å². The van der Waals surface area contributed by atoms with Crippen LogP contribution >= 0.6 is 24.0 Å². The Hall–Kier alpha value is -1.88. The lowest BCUT2D eigenvalue weighted by Gasteiger charge is -2.37. The summed E-state index contributed by atoms with van der Waals surface area (Å²) < 4.78 is 5.52. The van der Waals surface area contributed by atoms with Gasteiger partial charge in [-0.15, -0.1) is 24.0 Å². The van der Waals surface area contributed by atoms with Gasteiger partial charge in [-0.05, 0) is 30.5 Å². The quantitative estimate of drug-likeness (QED) is 0.362. The van der Waals surface area contributed by atoms with Crippen LogP contribution in [0.4, 0.5) is 5.69 Å². The molecule has 0 aromatic heterocycles. The summed E-state index contributed by atoms with van der Waals surface area (Å²) in [5, 5.41) is 6.16. The monoisotopic (exact) mass is 515 g/mol. The number of rotatable bonds is 4. The maximum atomic E-state index is 12.5. The molecule has 2 heterocycles. The van der Waals surface area contributed by atoms with Gasteiger partial charge in [0.2, 0.25) is 5.91 Å². The van der Waals surface area contributed by atoms with Crippen molar-refractivity contribution >= 4 is 47.4 Å². The number of hydrogen-bond acceptors (Lipinski definition) is 4. The van der Waals surface area contributed by atoms with E-state index < -0.39 is 0 Å². The van der Waals surface area contributed by atoms with Gasteiger partial charge in [-0.2, -0.15) is 0 Å². The van der Waals surface area contributed by atoms with Crippen LogP contribution in [0.2, 0.25) is 0 Å². The first-order valence-electron chi connectivity index (χ1n) is 9.79. The molecule has 2 N–H and O–H groups in total. The molecule has 2 aliphatic rings. The normalized spacial score (nSPS) is 19.5. The molecular formula is C20H30IN5O3. The van der Waals surface area contributed by atoms with Gasteiger partial charge in [-0.3, -0.25) is 14.6 Å².